The van der Waals surface area contributed by atoms with Crippen molar-refractivity contribution in [2.45, 2.75) is 19.3 Å². The predicted octanol–water partition coefficient (Wildman–Crippen LogP) is 3.17. The van der Waals surface area contributed by atoms with Crippen LogP contribution in [0.4, 0.5) is 0 Å². The Hall–Kier alpha value is -2.26. The Labute approximate surface area is 150 Å². The number of H-pyrrole nitrogens is 2. The standard InChI is InChI=1S/C15H13BrN6OS/c16-9-4-5-12(23)8(6-9)7-17-22-14(20-21-15(22)24)13-10-2-1-3-11(10)18-19-13/h4-7,23H,1-3H2,(H,18,19)(H,21,24)/b17-7+. The number of rotatable bonds is 3. The summed E-state index contributed by atoms with van der Waals surface area (Å²) in [5.74, 6) is 0.698. The van der Waals surface area contributed by atoms with Gasteiger partial charge < -0.3 is 5.11 Å². The summed E-state index contributed by atoms with van der Waals surface area (Å²) in [4.78, 5) is 0. The van der Waals surface area contributed by atoms with Gasteiger partial charge in [-0.2, -0.15) is 20.0 Å². The highest BCUT2D eigenvalue weighted by molar-refractivity contribution is 9.10. The van der Waals surface area contributed by atoms with E-state index in [4.69, 9.17) is 12.2 Å². The first kappa shape index (κ1) is 15.3. The Morgan fingerprint density at radius 2 is 2.17 bits per heavy atom. The molecule has 7 nitrogen and oxygen atoms in total. The average Bonchev–Trinajstić information content (AvgIpc) is 3.24. The number of hydrogen-bond acceptors (Lipinski definition) is 5. The third-order valence-electron chi connectivity index (χ3n) is 3.97. The van der Waals surface area contributed by atoms with Crippen LogP contribution in [0, 0.1) is 4.77 Å². The lowest BCUT2D eigenvalue weighted by Crippen LogP contribution is -1.97. The first-order valence-corrected chi connectivity index (χ1v) is 8.60. The average molecular weight is 405 g/mol. The molecule has 0 fully saturated rings. The third-order valence-corrected chi connectivity index (χ3v) is 4.73. The lowest BCUT2D eigenvalue weighted by Gasteiger charge is -2.01. The number of benzene rings is 1. The molecule has 3 aromatic rings. The lowest BCUT2D eigenvalue weighted by molar-refractivity contribution is 0.474. The minimum absolute atomic E-state index is 0.138. The molecule has 1 aromatic carbocycles. The van der Waals surface area contributed by atoms with E-state index in [0.717, 1.165) is 35.1 Å². The quantitative estimate of drug-likeness (QED) is 0.461. The topological polar surface area (TPSA) is 94.9 Å². The van der Waals surface area contributed by atoms with Gasteiger partial charge in [0.25, 0.3) is 0 Å². The molecule has 0 aliphatic heterocycles. The van der Waals surface area contributed by atoms with Crippen LogP contribution in [0.1, 0.15) is 23.2 Å². The number of nitrogens with zero attached hydrogens (tertiary/aromatic N) is 4. The van der Waals surface area contributed by atoms with Gasteiger partial charge in [-0.25, -0.2) is 5.10 Å². The third kappa shape index (κ3) is 2.59. The summed E-state index contributed by atoms with van der Waals surface area (Å²) in [6, 6.07) is 5.13. The molecule has 24 heavy (non-hydrogen) atoms. The molecule has 0 atom stereocenters. The van der Waals surface area contributed by atoms with E-state index < -0.39 is 0 Å². The van der Waals surface area contributed by atoms with Crippen molar-refractivity contribution in [3.8, 4) is 17.3 Å². The second-order valence-electron chi connectivity index (χ2n) is 5.49. The molecule has 0 saturated carbocycles. The van der Waals surface area contributed by atoms with Crippen LogP contribution in [0.15, 0.2) is 27.8 Å². The van der Waals surface area contributed by atoms with Crippen molar-refractivity contribution in [1.29, 1.82) is 0 Å². The fourth-order valence-corrected chi connectivity index (χ4v) is 3.36. The summed E-state index contributed by atoms with van der Waals surface area (Å²) >= 11 is 8.65. The molecule has 0 radical (unpaired) electrons. The largest absolute Gasteiger partial charge is 0.507 e. The number of aromatic amines is 2. The highest BCUT2D eigenvalue weighted by Crippen LogP contribution is 2.29. The Balaban J connectivity index is 1.77. The van der Waals surface area contributed by atoms with Crippen LogP contribution < -0.4 is 0 Å². The summed E-state index contributed by atoms with van der Waals surface area (Å²) in [5.41, 5.74) is 3.67. The maximum atomic E-state index is 9.92. The number of aryl methyl sites for hydroxylation is 1. The maximum Gasteiger partial charge on any atom is 0.216 e. The molecule has 2 aromatic heterocycles. The van der Waals surface area contributed by atoms with Crippen LogP contribution in [-0.4, -0.2) is 36.4 Å². The lowest BCUT2D eigenvalue weighted by atomic mass is 10.2. The van der Waals surface area contributed by atoms with Gasteiger partial charge in [0.05, 0.1) is 6.21 Å². The predicted molar refractivity (Wildman–Crippen MR) is 95.8 cm³/mol. The van der Waals surface area contributed by atoms with E-state index in [9.17, 15) is 5.11 Å². The van der Waals surface area contributed by atoms with E-state index in [1.54, 1.807) is 24.4 Å². The highest BCUT2D eigenvalue weighted by atomic mass is 79.9. The van der Waals surface area contributed by atoms with Gasteiger partial charge in [0.15, 0.2) is 0 Å². The zero-order valence-electron chi connectivity index (χ0n) is 12.5. The van der Waals surface area contributed by atoms with Crippen molar-refractivity contribution in [1.82, 2.24) is 25.1 Å². The van der Waals surface area contributed by atoms with E-state index in [0.29, 0.717) is 16.2 Å². The Morgan fingerprint density at radius 3 is 3.04 bits per heavy atom. The van der Waals surface area contributed by atoms with E-state index in [1.165, 1.54) is 10.2 Å². The van der Waals surface area contributed by atoms with Crippen LogP contribution in [0.3, 0.4) is 0 Å². The molecule has 0 bridgehead atoms. The Kier molecular flexibility index (Phi) is 3.81. The molecule has 0 saturated heterocycles. The maximum absolute atomic E-state index is 9.92. The molecule has 0 unspecified atom stereocenters. The van der Waals surface area contributed by atoms with Gasteiger partial charge in [-0.15, -0.1) is 0 Å². The van der Waals surface area contributed by atoms with Crippen molar-refractivity contribution in [3.63, 3.8) is 0 Å². The van der Waals surface area contributed by atoms with Crippen LogP contribution in [-0.2, 0) is 12.8 Å². The molecule has 9 heteroatoms. The second-order valence-corrected chi connectivity index (χ2v) is 6.80. The van der Waals surface area contributed by atoms with Gasteiger partial charge >= 0.3 is 0 Å². The molecule has 0 amide bonds. The van der Waals surface area contributed by atoms with E-state index in [2.05, 4.69) is 41.4 Å². The molecular formula is C15H13BrN6OS. The highest BCUT2D eigenvalue weighted by Gasteiger charge is 2.23. The first-order chi connectivity index (χ1) is 11.6. The van der Waals surface area contributed by atoms with Crippen molar-refractivity contribution in [2.75, 3.05) is 0 Å². The molecule has 4 rings (SSSR count). The van der Waals surface area contributed by atoms with Gasteiger partial charge in [-0.1, -0.05) is 15.9 Å². The molecule has 1 aliphatic rings. The Morgan fingerprint density at radius 1 is 1.29 bits per heavy atom. The zero-order valence-corrected chi connectivity index (χ0v) is 14.9. The molecular weight excluding hydrogens is 392 g/mol. The van der Waals surface area contributed by atoms with Gasteiger partial charge in [-0.05, 0) is 49.7 Å². The van der Waals surface area contributed by atoms with Crippen LogP contribution in [0.25, 0.3) is 11.5 Å². The number of aromatic nitrogens is 5. The van der Waals surface area contributed by atoms with E-state index >= 15 is 0 Å². The van der Waals surface area contributed by atoms with Crippen LogP contribution >= 0.6 is 28.1 Å². The smallest absolute Gasteiger partial charge is 0.216 e. The SMILES string of the molecule is Oc1ccc(Br)cc1/C=N/n1c(-c2n[nH]c3c2CCC3)n[nH]c1=S. The van der Waals surface area contributed by atoms with Gasteiger partial charge in [0, 0.05) is 21.3 Å². The number of fused-ring (bicyclic) bond motifs is 1. The fourth-order valence-electron chi connectivity index (χ4n) is 2.81. The van der Waals surface area contributed by atoms with Crippen molar-refractivity contribution < 1.29 is 5.11 Å². The summed E-state index contributed by atoms with van der Waals surface area (Å²) in [6.07, 6.45) is 4.62. The normalized spacial score (nSPS) is 13.7. The number of nitrogens with one attached hydrogen (secondary N) is 2. The number of phenols is 1. The number of phenolic OH excluding ortho intramolecular Hbond substituents is 1. The summed E-state index contributed by atoms with van der Waals surface area (Å²) in [6.45, 7) is 0. The molecule has 2 heterocycles. The monoisotopic (exact) mass is 404 g/mol. The van der Waals surface area contributed by atoms with Crippen molar-refractivity contribution in [3.05, 3.63) is 44.3 Å². The minimum Gasteiger partial charge on any atom is -0.507 e. The van der Waals surface area contributed by atoms with Gasteiger partial charge in [0.1, 0.15) is 11.4 Å². The number of aromatic hydroxyl groups is 1. The zero-order chi connectivity index (χ0) is 16.7. The molecule has 0 spiro atoms. The summed E-state index contributed by atoms with van der Waals surface area (Å²) in [5, 5.41) is 28.7. The fraction of sp³-hybridized carbons (Fsp3) is 0.200. The molecule has 122 valence electrons. The summed E-state index contributed by atoms with van der Waals surface area (Å²) < 4.78 is 2.73. The number of hydrogen-bond donors (Lipinski definition) is 3. The van der Waals surface area contributed by atoms with Crippen LogP contribution in [0.5, 0.6) is 5.75 Å². The molecule has 3 N–H and O–H groups in total. The van der Waals surface area contributed by atoms with E-state index in [-0.39, 0.29) is 5.75 Å². The molecule has 1 aliphatic carbocycles. The van der Waals surface area contributed by atoms with Gasteiger partial charge in [0.2, 0.25) is 10.6 Å². The Bertz CT molecular complexity index is 1000. The van der Waals surface area contributed by atoms with Gasteiger partial charge in [-0.3, -0.25) is 5.10 Å². The summed E-state index contributed by atoms with van der Waals surface area (Å²) in [7, 11) is 0. The number of halogens is 1. The van der Waals surface area contributed by atoms with Crippen molar-refractivity contribution in [2.24, 2.45) is 5.10 Å². The minimum atomic E-state index is 0.138. The van der Waals surface area contributed by atoms with Crippen LogP contribution in [0.2, 0.25) is 0 Å². The first-order valence-electron chi connectivity index (χ1n) is 7.40. The van der Waals surface area contributed by atoms with E-state index in [1.807, 2.05) is 0 Å². The second kappa shape index (κ2) is 5.99. The van der Waals surface area contributed by atoms with Crippen molar-refractivity contribution >= 4 is 34.4 Å².